The van der Waals surface area contributed by atoms with Gasteiger partial charge in [0.2, 0.25) is 0 Å². The highest BCUT2D eigenvalue weighted by molar-refractivity contribution is 5.87. The van der Waals surface area contributed by atoms with E-state index >= 15 is 0 Å². The molecule has 24 heavy (non-hydrogen) atoms. The van der Waals surface area contributed by atoms with Crippen LogP contribution in [0.15, 0.2) is 30.3 Å². The number of benzene rings is 1. The Kier molecular flexibility index (Phi) is 8.59. The molecule has 0 aliphatic carbocycles. The number of carbonyl (C=O) groups is 1. The average Bonchev–Trinajstić information content (AvgIpc) is 2.53. The van der Waals surface area contributed by atoms with Crippen LogP contribution >= 0.6 is 0 Å². The smallest absolute Gasteiger partial charge is 0.330 e. The van der Waals surface area contributed by atoms with Crippen molar-refractivity contribution in [2.75, 3.05) is 6.61 Å². The van der Waals surface area contributed by atoms with Gasteiger partial charge in [0.25, 0.3) is 0 Å². The fourth-order valence-corrected chi connectivity index (χ4v) is 2.31. The van der Waals surface area contributed by atoms with Crippen LogP contribution in [-0.4, -0.2) is 18.2 Å². The Morgan fingerprint density at radius 3 is 2.38 bits per heavy atom. The third-order valence-corrected chi connectivity index (χ3v) is 3.72. The lowest BCUT2D eigenvalue weighted by atomic mass is 10.0. The predicted octanol–water partition coefficient (Wildman–Crippen LogP) is 5.64. The van der Waals surface area contributed by atoms with Gasteiger partial charge < -0.3 is 9.47 Å². The van der Waals surface area contributed by atoms with Crippen molar-refractivity contribution in [1.82, 2.24) is 0 Å². The van der Waals surface area contributed by atoms with E-state index in [1.165, 1.54) is 18.9 Å². The molecule has 0 saturated heterocycles. The number of carbonyl (C=O) groups excluding carboxylic acids is 1. The Bertz CT molecular complexity index is 509. The van der Waals surface area contributed by atoms with Crippen LogP contribution < -0.4 is 4.74 Å². The minimum atomic E-state index is -0.278. The molecule has 0 fully saturated rings. The molecule has 0 saturated carbocycles. The van der Waals surface area contributed by atoms with E-state index in [1.807, 2.05) is 45.0 Å². The molecule has 1 aromatic carbocycles. The molecule has 0 N–H and O–H groups in total. The van der Waals surface area contributed by atoms with Crippen LogP contribution in [0.3, 0.4) is 0 Å². The van der Waals surface area contributed by atoms with Crippen molar-refractivity contribution in [3.63, 3.8) is 0 Å². The van der Waals surface area contributed by atoms with E-state index in [9.17, 15) is 4.79 Å². The Morgan fingerprint density at radius 1 is 1.17 bits per heavy atom. The number of hydrogen-bond acceptors (Lipinski definition) is 3. The van der Waals surface area contributed by atoms with Crippen molar-refractivity contribution < 1.29 is 14.3 Å². The maximum Gasteiger partial charge on any atom is 0.330 e. The summed E-state index contributed by atoms with van der Waals surface area (Å²) in [7, 11) is 0. The van der Waals surface area contributed by atoms with Gasteiger partial charge >= 0.3 is 5.97 Å². The molecule has 1 unspecified atom stereocenters. The maximum absolute atomic E-state index is 11.8. The first-order chi connectivity index (χ1) is 11.3. The van der Waals surface area contributed by atoms with Crippen LogP contribution in [-0.2, 0) is 9.53 Å². The van der Waals surface area contributed by atoms with Crippen molar-refractivity contribution in [1.29, 1.82) is 0 Å². The highest BCUT2D eigenvalue weighted by Gasteiger charge is 2.11. The molecule has 1 atom stereocenters. The van der Waals surface area contributed by atoms with Gasteiger partial charge in [0.15, 0.2) is 0 Å². The second-order valence-corrected chi connectivity index (χ2v) is 7.16. The summed E-state index contributed by atoms with van der Waals surface area (Å²) in [5.74, 6) is 1.01. The normalized spacial score (nSPS) is 13.0. The third kappa shape index (κ3) is 8.76. The van der Waals surface area contributed by atoms with Gasteiger partial charge in [-0.3, -0.25) is 0 Å². The van der Waals surface area contributed by atoms with Gasteiger partial charge in [-0.1, -0.05) is 45.2 Å². The lowest BCUT2D eigenvalue weighted by molar-refractivity contribution is -0.139. The highest BCUT2D eigenvalue weighted by Crippen LogP contribution is 2.19. The van der Waals surface area contributed by atoms with E-state index in [2.05, 4.69) is 13.8 Å². The molecule has 1 aromatic rings. The van der Waals surface area contributed by atoms with Gasteiger partial charge in [-0.2, -0.15) is 0 Å². The summed E-state index contributed by atoms with van der Waals surface area (Å²) in [6, 6.07) is 7.68. The first kappa shape index (κ1) is 20.3. The molecule has 0 aliphatic rings. The SMILES string of the molecule is CCCCC(CC)COC(=O)C=Cc1ccc(OC(C)(C)C)cc1. The number of hydrogen-bond donors (Lipinski definition) is 0. The van der Waals surface area contributed by atoms with E-state index in [0.29, 0.717) is 12.5 Å². The van der Waals surface area contributed by atoms with Crippen LogP contribution in [0.2, 0.25) is 0 Å². The van der Waals surface area contributed by atoms with Crippen molar-refractivity contribution in [2.45, 2.75) is 65.9 Å². The van der Waals surface area contributed by atoms with Gasteiger partial charge in [-0.15, -0.1) is 0 Å². The topological polar surface area (TPSA) is 35.5 Å². The molecule has 0 aliphatic heterocycles. The molecule has 0 radical (unpaired) electrons. The summed E-state index contributed by atoms with van der Waals surface area (Å²) in [6.07, 6.45) is 7.81. The number of esters is 1. The van der Waals surface area contributed by atoms with Crippen LogP contribution in [0.5, 0.6) is 5.75 Å². The van der Waals surface area contributed by atoms with Crippen molar-refractivity contribution in [2.24, 2.45) is 5.92 Å². The summed E-state index contributed by atoms with van der Waals surface area (Å²) in [5.41, 5.74) is 0.737. The maximum atomic E-state index is 11.8. The zero-order valence-electron chi connectivity index (χ0n) is 15.8. The van der Waals surface area contributed by atoms with E-state index in [0.717, 1.165) is 24.2 Å². The van der Waals surface area contributed by atoms with Crippen LogP contribution in [0.1, 0.15) is 65.9 Å². The molecule has 0 heterocycles. The third-order valence-electron chi connectivity index (χ3n) is 3.72. The van der Waals surface area contributed by atoms with E-state index in [1.54, 1.807) is 6.08 Å². The molecular formula is C21H32O3. The van der Waals surface area contributed by atoms with Gasteiger partial charge in [-0.25, -0.2) is 4.79 Å². The largest absolute Gasteiger partial charge is 0.488 e. The number of unbranched alkanes of at least 4 members (excludes halogenated alkanes) is 1. The van der Waals surface area contributed by atoms with Crippen molar-refractivity contribution >= 4 is 12.0 Å². The molecular weight excluding hydrogens is 300 g/mol. The first-order valence-electron chi connectivity index (χ1n) is 8.98. The van der Waals surface area contributed by atoms with Crippen LogP contribution in [0, 0.1) is 5.92 Å². The van der Waals surface area contributed by atoms with Crippen molar-refractivity contribution in [3.05, 3.63) is 35.9 Å². The minimum Gasteiger partial charge on any atom is -0.488 e. The number of ether oxygens (including phenoxy) is 2. The fraction of sp³-hybridized carbons (Fsp3) is 0.571. The summed E-state index contributed by atoms with van der Waals surface area (Å²) < 4.78 is 11.1. The van der Waals surface area contributed by atoms with E-state index in [4.69, 9.17) is 9.47 Å². The first-order valence-corrected chi connectivity index (χ1v) is 8.98. The summed E-state index contributed by atoms with van der Waals surface area (Å²) in [6.45, 7) is 10.9. The summed E-state index contributed by atoms with van der Waals surface area (Å²) in [4.78, 5) is 11.8. The zero-order chi connectivity index (χ0) is 18.0. The van der Waals surface area contributed by atoms with E-state index in [-0.39, 0.29) is 11.6 Å². The monoisotopic (exact) mass is 332 g/mol. The second kappa shape index (κ2) is 10.2. The number of rotatable bonds is 9. The molecule has 3 heteroatoms. The molecule has 0 amide bonds. The molecule has 0 bridgehead atoms. The van der Waals surface area contributed by atoms with Gasteiger partial charge in [0, 0.05) is 6.08 Å². The average molecular weight is 332 g/mol. The lowest BCUT2D eigenvalue weighted by Gasteiger charge is -2.21. The molecule has 0 aromatic heterocycles. The Labute approximate surface area is 147 Å². The fourth-order valence-electron chi connectivity index (χ4n) is 2.31. The minimum absolute atomic E-state index is 0.214. The van der Waals surface area contributed by atoms with Gasteiger partial charge in [-0.05, 0) is 56.9 Å². The quantitative estimate of drug-likeness (QED) is 0.434. The van der Waals surface area contributed by atoms with E-state index < -0.39 is 0 Å². The Hall–Kier alpha value is -1.77. The van der Waals surface area contributed by atoms with Gasteiger partial charge in [0.05, 0.1) is 6.61 Å². The lowest BCUT2D eigenvalue weighted by Crippen LogP contribution is -2.22. The Morgan fingerprint density at radius 2 is 1.83 bits per heavy atom. The Balaban J connectivity index is 2.46. The second-order valence-electron chi connectivity index (χ2n) is 7.16. The summed E-state index contributed by atoms with van der Waals surface area (Å²) in [5, 5.41) is 0. The van der Waals surface area contributed by atoms with Crippen LogP contribution in [0.4, 0.5) is 0 Å². The zero-order valence-corrected chi connectivity index (χ0v) is 15.8. The molecule has 1 rings (SSSR count). The summed E-state index contributed by atoms with van der Waals surface area (Å²) >= 11 is 0. The van der Waals surface area contributed by atoms with Crippen molar-refractivity contribution in [3.8, 4) is 5.75 Å². The standard InChI is InChI=1S/C21H32O3/c1-6-8-9-17(7-2)16-23-20(22)15-12-18-10-13-19(14-11-18)24-21(3,4)5/h10-15,17H,6-9,16H2,1-5H3. The van der Waals surface area contributed by atoms with Crippen LogP contribution in [0.25, 0.3) is 6.08 Å². The molecule has 3 nitrogen and oxygen atoms in total. The highest BCUT2D eigenvalue weighted by atomic mass is 16.5. The molecule has 134 valence electrons. The predicted molar refractivity (Wildman–Crippen MR) is 100 cm³/mol. The van der Waals surface area contributed by atoms with Gasteiger partial charge in [0.1, 0.15) is 11.4 Å². The molecule has 0 spiro atoms.